The lowest BCUT2D eigenvalue weighted by atomic mass is 9.94. The van der Waals surface area contributed by atoms with Crippen molar-refractivity contribution in [1.29, 1.82) is 0 Å². The van der Waals surface area contributed by atoms with Gasteiger partial charge in [-0.25, -0.2) is 0 Å². The van der Waals surface area contributed by atoms with Gasteiger partial charge in [0.25, 0.3) is 16.8 Å². The number of nitrogens with zero attached hydrogens (tertiary/aromatic N) is 2. The Morgan fingerprint density at radius 3 is 2.75 bits per heavy atom. The Balaban J connectivity index is 1.45. The summed E-state index contributed by atoms with van der Waals surface area (Å²) < 4.78 is 5.88. The molecule has 146 valence electrons. The second-order valence-corrected chi connectivity index (χ2v) is 8.13. The first-order chi connectivity index (χ1) is 13.5. The Bertz CT molecular complexity index is 888. The van der Waals surface area contributed by atoms with Crippen molar-refractivity contribution in [1.82, 2.24) is 4.90 Å². The number of amides is 2. The van der Waals surface area contributed by atoms with E-state index in [4.69, 9.17) is 4.74 Å². The fourth-order valence-corrected chi connectivity index (χ4v) is 4.78. The number of hydrogen-bond donors (Lipinski definition) is 0. The van der Waals surface area contributed by atoms with Crippen LogP contribution in [-0.4, -0.2) is 33.1 Å². The molecule has 2 fully saturated rings. The molecule has 28 heavy (non-hydrogen) atoms. The third-order valence-corrected chi connectivity index (χ3v) is 6.16. The van der Waals surface area contributed by atoms with Gasteiger partial charge in [0, 0.05) is 30.2 Å². The van der Waals surface area contributed by atoms with Gasteiger partial charge in [-0.05, 0) is 36.8 Å². The van der Waals surface area contributed by atoms with Gasteiger partial charge in [-0.1, -0.05) is 31.4 Å². The molecule has 1 aliphatic carbocycles. The molecule has 2 heterocycles. The van der Waals surface area contributed by atoms with E-state index in [0.717, 1.165) is 43.9 Å². The monoisotopic (exact) mass is 400 g/mol. The van der Waals surface area contributed by atoms with Gasteiger partial charge in [0.15, 0.2) is 0 Å². The largest absolute Gasteiger partial charge is 0.486 e. The summed E-state index contributed by atoms with van der Waals surface area (Å²) in [6.45, 7) is 0. The van der Waals surface area contributed by atoms with Gasteiger partial charge in [-0.3, -0.25) is 24.6 Å². The molecule has 0 N–H and O–H groups in total. The molecule has 1 saturated heterocycles. The highest BCUT2D eigenvalue weighted by molar-refractivity contribution is 8.18. The molecule has 1 unspecified atom stereocenters. The molecule has 2 aliphatic heterocycles. The van der Waals surface area contributed by atoms with Crippen molar-refractivity contribution in [3.05, 3.63) is 57.0 Å². The number of imide groups is 1. The van der Waals surface area contributed by atoms with Crippen LogP contribution in [-0.2, 0) is 9.53 Å². The Hall–Kier alpha value is -2.61. The van der Waals surface area contributed by atoms with Gasteiger partial charge < -0.3 is 4.74 Å². The van der Waals surface area contributed by atoms with Crippen LogP contribution in [0.25, 0.3) is 5.76 Å². The number of rotatable bonds is 4. The third kappa shape index (κ3) is 3.69. The van der Waals surface area contributed by atoms with Crippen LogP contribution >= 0.6 is 11.8 Å². The van der Waals surface area contributed by atoms with Crippen LogP contribution in [0.4, 0.5) is 10.5 Å². The average molecular weight is 400 g/mol. The molecule has 1 aromatic carbocycles. The highest BCUT2D eigenvalue weighted by Crippen LogP contribution is 2.38. The zero-order valence-electron chi connectivity index (χ0n) is 15.2. The van der Waals surface area contributed by atoms with Crippen molar-refractivity contribution < 1.29 is 19.2 Å². The van der Waals surface area contributed by atoms with E-state index in [1.54, 1.807) is 18.2 Å². The summed E-state index contributed by atoms with van der Waals surface area (Å²) in [6.07, 6.45) is 8.76. The van der Waals surface area contributed by atoms with E-state index in [1.165, 1.54) is 17.0 Å². The standard InChI is InChI=1S/C20H20N2O5S/c23-19-18(28-20(24)21(19)14-6-2-1-3-7-14)12-16-9-10-17(27-16)13-5-4-8-15(11-13)22(25)26/h4-5,8,10-12,14,16H,1-3,6-7,9H2/b18-12-. The number of nitro benzene ring substituents is 1. The number of benzene rings is 1. The minimum Gasteiger partial charge on any atom is -0.486 e. The molecule has 1 aromatic rings. The van der Waals surface area contributed by atoms with Crippen molar-refractivity contribution >= 4 is 34.4 Å². The Labute approximate surface area is 166 Å². The second kappa shape index (κ2) is 7.79. The number of non-ortho nitro benzene ring substituents is 1. The average Bonchev–Trinajstić information content (AvgIpc) is 3.27. The normalized spacial score (nSPS) is 24.6. The predicted molar refractivity (Wildman–Crippen MR) is 105 cm³/mol. The maximum Gasteiger partial charge on any atom is 0.293 e. The molecule has 7 nitrogen and oxygen atoms in total. The number of ether oxygens (including phenoxy) is 1. The quantitative estimate of drug-likeness (QED) is 0.416. The summed E-state index contributed by atoms with van der Waals surface area (Å²) in [5.74, 6) is 0.325. The summed E-state index contributed by atoms with van der Waals surface area (Å²) in [5.41, 5.74) is 0.625. The van der Waals surface area contributed by atoms with Crippen LogP contribution < -0.4 is 0 Å². The maximum atomic E-state index is 12.7. The summed E-state index contributed by atoms with van der Waals surface area (Å²) >= 11 is 0.972. The summed E-state index contributed by atoms with van der Waals surface area (Å²) in [5, 5.41) is 10.7. The van der Waals surface area contributed by atoms with Gasteiger partial charge >= 0.3 is 0 Å². The fraction of sp³-hybridized carbons (Fsp3) is 0.400. The number of carbonyl (C=O) groups excluding carboxylic acids is 2. The van der Waals surface area contributed by atoms with Crippen molar-refractivity contribution in [3.63, 3.8) is 0 Å². The SMILES string of the molecule is O=C1S/C(=C\C2CC=C(c3cccc([N+](=O)[O-])c3)O2)C(=O)N1C1CCCCC1. The molecule has 1 atom stereocenters. The Kier molecular flexibility index (Phi) is 5.21. The molecule has 4 rings (SSSR count). The van der Waals surface area contributed by atoms with Crippen LogP contribution in [0.3, 0.4) is 0 Å². The summed E-state index contributed by atoms with van der Waals surface area (Å²) in [6, 6.07) is 6.26. The smallest absolute Gasteiger partial charge is 0.293 e. The van der Waals surface area contributed by atoms with Crippen LogP contribution in [0.1, 0.15) is 44.1 Å². The van der Waals surface area contributed by atoms with Gasteiger partial charge in [0.1, 0.15) is 11.9 Å². The Morgan fingerprint density at radius 1 is 1.21 bits per heavy atom. The third-order valence-electron chi connectivity index (χ3n) is 5.26. The van der Waals surface area contributed by atoms with Gasteiger partial charge in [-0.2, -0.15) is 0 Å². The molecule has 1 saturated carbocycles. The highest BCUT2D eigenvalue weighted by Gasteiger charge is 2.40. The lowest BCUT2D eigenvalue weighted by Crippen LogP contribution is -2.39. The highest BCUT2D eigenvalue weighted by atomic mass is 32.2. The molecule has 0 spiro atoms. The van der Waals surface area contributed by atoms with Gasteiger partial charge in [0.2, 0.25) is 0 Å². The second-order valence-electron chi connectivity index (χ2n) is 7.13. The molecule has 8 heteroatoms. The van der Waals surface area contributed by atoms with E-state index in [1.807, 2.05) is 6.08 Å². The summed E-state index contributed by atoms with van der Waals surface area (Å²) in [4.78, 5) is 37.4. The first kappa shape index (κ1) is 18.7. The van der Waals surface area contributed by atoms with Crippen molar-refractivity contribution in [2.45, 2.75) is 50.7 Å². The molecule has 3 aliphatic rings. The van der Waals surface area contributed by atoms with Crippen LogP contribution in [0.2, 0.25) is 0 Å². The lowest BCUT2D eigenvalue weighted by Gasteiger charge is -2.28. The number of nitro groups is 1. The molecular formula is C20H20N2O5S. The Morgan fingerprint density at radius 2 is 2.00 bits per heavy atom. The topological polar surface area (TPSA) is 89.7 Å². The fourth-order valence-electron chi connectivity index (χ4n) is 3.86. The predicted octanol–water partition coefficient (Wildman–Crippen LogP) is 4.64. The minimum atomic E-state index is -0.447. The molecular weight excluding hydrogens is 380 g/mol. The van der Waals surface area contributed by atoms with E-state index < -0.39 is 4.92 Å². The van der Waals surface area contributed by atoms with Crippen LogP contribution in [0.15, 0.2) is 41.3 Å². The lowest BCUT2D eigenvalue weighted by molar-refractivity contribution is -0.384. The van der Waals surface area contributed by atoms with Crippen molar-refractivity contribution in [2.75, 3.05) is 0 Å². The molecule has 0 aromatic heterocycles. The maximum absolute atomic E-state index is 12.7. The van der Waals surface area contributed by atoms with E-state index in [2.05, 4.69) is 0 Å². The van der Waals surface area contributed by atoms with E-state index in [0.29, 0.717) is 22.6 Å². The zero-order chi connectivity index (χ0) is 19.7. The van der Waals surface area contributed by atoms with E-state index >= 15 is 0 Å². The minimum absolute atomic E-state index is 0.000878. The number of carbonyl (C=O) groups is 2. The number of thioether (sulfide) groups is 1. The van der Waals surface area contributed by atoms with E-state index in [9.17, 15) is 19.7 Å². The van der Waals surface area contributed by atoms with Gasteiger partial charge in [0.05, 0.1) is 9.83 Å². The molecule has 0 bridgehead atoms. The zero-order valence-corrected chi connectivity index (χ0v) is 16.0. The van der Waals surface area contributed by atoms with Crippen molar-refractivity contribution in [2.24, 2.45) is 0 Å². The summed E-state index contributed by atoms with van der Waals surface area (Å²) in [7, 11) is 0. The first-order valence-corrected chi connectivity index (χ1v) is 10.2. The first-order valence-electron chi connectivity index (χ1n) is 9.42. The van der Waals surface area contributed by atoms with Crippen molar-refractivity contribution in [3.8, 4) is 0 Å². The van der Waals surface area contributed by atoms with Gasteiger partial charge in [-0.15, -0.1) is 0 Å². The number of hydrogen-bond acceptors (Lipinski definition) is 6. The van der Waals surface area contributed by atoms with Crippen LogP contribution in [0.5, 0.6) is 0 Å². The molecule has 2 amide bonds. The van der Waals surface area contributed by atoms with Crippen LogP contribution in [0, 0.1) is 10.1 Å². The van der Waals surface area contributed by atoms with E-state index in [-0.39, 0.29) is 29.0 Å². The molecule has 0 radical (unpaired) electrons.